The summed E-state index contributed by atoms with van der Waals surface area (Å²) in [6.45, 7) is 2.15. The minimum absolute atomic E-state index is 0.367. The molecule has 1 aliphatic carbocycles. The zero-order chi connectivity index (χ0) is 16.6. The Hall–Kier alpha value is -2.26. The molecule has 0 aliphatic heterocycles. The maximum atomic E-state index is 13.7. The third-order valence-electron chi connectivity index (χ3n) is 4.02. The molecule has 1 unspecified atom stereocenters. The summed E-state index contributed by atoms with van der Waals surface area (Å²) >= 11 is 1.35. The summed E-state index contributed by atoms with van der Waals surface area (Å²) in [5.74, 6) is -1.68. The van der Waals surface area contributed by atoms with E-state index in [1.54, 1.807) is 0 Å². The smallest absolute Gasteiger partial charge is 0.259 e. The first-order valence-electron chi connectivity index (χ1n) is 7.30. The normalized spacial score (nSPS) is 16.5. The van der Waals surface area contributed by atoms with Gasteiger partial charge in [-0.3, -0.25) is 4.79 Å². The fourth-order valence-electron chi connectivity index (χ4n) is 2.80. The summed E-state index contributed by atoms with van der Waals surface area (Å²) in [5.41, 5.74) is 1.06. The Balaban J connectivity index is 1.93. The number of nitrogens with one attached hydrogen (secondary N) is 1. The van der Waals surface area contributed by atoms with Crippen molar-refractivity contribution in [2.75, 3.05) is 5.32 Å². The van der Waals surface area contributed by atoms with Gasteiger partial charge in [0.1, 0.15) is 22.7 Å². The van der Waals surface area contributed by atoms with E-state index in [4.69, 9.17) is 0 Å². The second-order valence-electron chi connectivity index (χ2n) is 5.75. The highest BCUT2D eigenvalue weighted by molar-refractivity contribution is 7.16. The van der Waals surface area contributed by atoms with Crippen LogP contribution in [0.3, 0.4) is 0 Å². The van der Waals surface area contributed by atoms with Crippen LogP contribution in [0, 0.1) is 28.9 Å². The number of halogens is 2. The van der Waals surface area contributed by atoms with Crippen LogP contribution in [0.4, 0.5) is 13.8 Å². The highest BCUT2D eigenvalue weighted by atomic mass is 32.1. The third-order valence-corrected chi connectivity index (χ3v) is 5.19. The van der Waals surface area contributed by atoms with Crippen molar-refractivity contribution in [3.8, 4) is 6.07 Å². The van der Waals surface area contributed by atoms with Gasteiger partial charge in [-0.1, -0.05) is 6.92 Å². The predicted octanol–water partition coefficient (Wildman–Crippen LogP) is 4.28. The molecule has 3 rings (SSSR count). The monoisotopic (exact) mass is 332 g/mol. The molecule has 23 heavy (non-hydrogen) atoms. The standard InChI is InChI=1S/C17H14F2N2OS/c1-9-2-4-11-13(8-20)17(23-15(11)6-9)21-16(22)12-7-10(18)3-5-14(12)19/h3,5,7,9H,2,4,6H2,1H3,(H,21,22). The number of nitrogens with zero attached hydrogens (tertiary/aromatic N) is 1. The van der Waals surface area contributed by atoms with E-state index in [2.05, 4.69) is 18.3 Å². The maximum Gasteiger partial charge on any atom is 0.259 e. The SMILES string of the molecule is CC1CCc2c(sc(NC(=O)c3cc(F)ccc3F)c2C#N)C1. The van der Waals surface area contributed by atoms with Gasteiger partial charge in [0.25, 0.3) is 5.91 Å². The molecule has 1 aliphatic rings. The van der Waals surface area contributed by atoms with Crippen LogP contribution < -0.4 is 5.32 Å². The Morgan fingerprint density at radius 3 is 2.96 bits per heavy atom. The average Bonchev–Trinajstić information content (AvgIpc) is 2.85. The van der Waals surface area contributed by atoms with Gasteiger partial charge in [0.15, 0.2) is 0 Å². The lowest BCUT2D eigenvalue weighted by atomic mass is 9.88. The number of anilines is 1. The van der Waals surface area contributed by atoms with Crippen molar-refractivity contribution in [1.29, 1.82) is 5.26 Å². The number of rotatable bonds is 2. The number of hydrogen-bond acceptors (Lipinski definition) is 3. The molecule has 3 nitrogen and oxygen atoms in total. The Bertz CT molecular complexity index is 823. The predicted molar refractivity (Wildman–Crippen MR) is 84.5 cm³/mol. The number of fused-ring (bicyclic) bond motifs is 1. The summed E-state index contributed by atoms with van der Waals surface area (Å²) in [6.07, 6.45) is 2.68. The molecule has 1 amide bonds. The van der Waals surface area contributed by atoms with E-state index in [1.807, 2.05) is 0 Å². The highest BCUT2D eigenvalue weighted by Crippen LogP contribution is 2.39. The van der Waals surface area contributed by atoms with Crippen LogP contribution in [0.5, 0.6) is 0 Å². The number of carbonyl (C=O) groups excluding carboxylic acids is 1. The van der Waals surface area contributed by atoms with Crippen molar-refractivity contribution in [1.82, 2.24) is 0 Å². The molecule has 1 atom stereocenters. The van der Waals surface area contributed by atoms with Crippen molar-refractivity contribution in [3.63, 3.8) is 0 Å². The van der Waals surface area contributed by atoms with E-state index in [9.17, 15) is 18.8 Å². The summed E-state index contributed by atoms with van der Waals surface area (Å²) in [5, 5.41) is 12.4. The number of carbonyl (C=O) groups is 1. The van der Waals surface area contributed by atoms with Crippen molar-refractivity contribution >= 4 is 22.2 Å². The molecular weight excluding hydrogens is 318 g/mol. The number of nitriles is 1. The molecule has 0 saturated carbocycles. The number of hydrogen-bond donors (Lipinski definition) is 1. The van der Waals surface area contributed by atoms with Crippen LogP contribution in [-0.4, -0.2) is 5.91 Å². The zero-order valence-electron chi connectivity index (χ0n) is 12.5. The molecular formula is C17H14F2N2OS. The van der Waals surface area contributed by atoms with E-state index in [-0.39, 0.29) is 5.56 Å². The lowest BCUT2D eigenvalue weighted by Gasteiger charge is -2.17. The second kappa shape index (κ2) is 6.09. The lowest BCUT2D eigenvalue weighted by molar-refractivity contribution is 0.102. The number of benzene rings is 1. The molecule has 0 spiro atoms. The fourth-order valence-corrected chi connectivity index (χ4v) is 4.16. The topological polar surface area (TPSA) is 52.9 Å². The van der Waals surface area contributed by atoms with Crippen LogP contribution in [-0.2, 0) is 12.8 Å². The molecule has 1 heterocycles. The molecule has 0 radical (unpaired) electrons. The highest BCUT2D eigenvalue weighted by Gasteiger charge is 2.25. The fraction of sp³-hybridized carbons (Fsp3) is 0.294. The molecule has 0 saturated heterocycles. The molecule has 1 aromatic carbocycles. The molecule has 1 aromatic heterocycles. The number of thiophene rings is 1. The van der Waals surface area contributed by atoms with E-state index >= 15 is 0 Å². The Labute approximate surface area is 136 Å². The molecule has 0 fully saturated rings. The Morgan fingerprint density at radius 1 is 1.43 bits per heavy atom. The molecule has 2 aromatic rings. The van der Waals surface area contributed by atoms with Gasteiger partial charge >= 0.3 is 0 Å². The van der Waals surface area contributed by atoms with E-state index in [0.29, 0.717) is 16.5 Å². The number of amides is 1. The van der Waals surface area contributed by atoms with E-state index in [1.165, 1.54) is 11.3 Å². The van der Waals surface area contributed by atoms with Crippen LogP contribution >= 0.6 is 11.3 Å². The second-order valence-corrected chi connectivity index (χ2v) is 6.85. The van der Waals surface area contributed by atoms with Gasteiger partial charge in [0.2, 0.25) is 0 Å². The first-order valence-corrected chi connectivity index (χ1v) is 8.12. The molecule has 1 N–H and O–H groups in total. The zero-order valence-corrected chi connectivity index (χ0v) is 13.3. The van der Waals surface area contributed by atoms with E-state index in [0.717, 1.165) is 47.9 Å². The largest absolute Gasteiger partial charge is 0.312 e. The first-order chi connectivity index (χ1) is 11.0. The quantitative estimate of drug-likeness (QED) is 0.892. The van der Waals surface area contributed by atoms with Gasteiger partial charge in [-0.2, -0.15) is 5.26 Å². The van der Waals surface area contributed by atoms with Gasteiger partial charge in [0.05, 0.1) is 11.1 Å². The van der Waals surface area contributed by atoms with Gasteiger partial charge in [-0.15, -0.1) is 11.3 Å². The van der Waals surface area contributed by atoms with Gasteiger partial charge in [-0.05, 0) is 48.9 Å². The summed E-state index contributed by atoms with van der Waals surface area (Å²) in [4.78, 5) is 13.3. The summed E-state index contributed by atoms with van der Waals surface area (Å²) in [7, 11) is 0. The first kappa shape index (κ1) is 15.6. The maximum absolute atomic E-state index is 13.7. The van der Waals surface area contributed by atoms with Gasteiger partial charge in [-0.25, -0.2) is 8.78 Å². The van der Waals surface area contributed by atoms with Crippen molar-refractivity contribution in [3.05, 3.63) is 51.4 Å². The van der Waals surface area contributed by atoms with Crippen LogP contribution in [0.25, 0.3) is 0 Å². The Morgan fingerprint density at radius 2 is 2.22 bits per heavy atom. The minimum Gasteiger partial charge on any atom is -0.312 e. The van der Waals surface area contributed by atoms with Crippen LogP contribution in [0.2, 0.25) is 0 Å². The van der Waals surface area contributed by atoms with Crippen LogP contribution in [0.1, 0.15) is 39.7 Å². The molecule has 0 bridgehead atoms. The Kier molecular flexibility index (Phi) is 4.14. The van der Waals surface area contributed by atoms with Crippen molar-refractivity contribution in [2.24, 2.45) is 5.92 Å². The summed E-state index contributed by atoms with van der Waals surface area (Å²) < 4.78 is 26.9. The lowest BCUT2D eigenvalue weighted by Crippen LogP contribution is -2.14. The van der Waals surface area contributed by atoms with Crippen molar-refractivity contribution in [2.45, 2.75) is 26.2 Å². The van der Waals surface area contributed by atoms with E-state index < -0.39 is 17.5 Å². The molecule has 118 valence electrons. The average molecular weight is 332 g/mol. The molecule has 6 heteroatoms. The van der Waals surface area contributed by atoms with Crippen LogP contribution in [0.15, 0.2) is 18.2 Å². The van der Waals surface area contributed by atoms with Gasteiger partial charge < -0.3 is 5.32 Å². The third kappa shape index (κ3) is 2.97. The van der Waals surface area contributed by atoms with Crippen molar-refractivity contribution < 1.29 is 13.6 Å². The van der Waals surface area contributed by atoms with Gasteiger partial charge in [0, 0.05) is 4.88 Å². The minimum atomic E-state index is -0.794. The summed E-state index contributed by atoms with van der Waals surface area (Å²) in [6, 6.07) is 4.85.